The summed E-state index contributed by atoms with van der Waals surface area (Å²) in [6, 6.07) is 3.60. The van der Waals surface area contributed by atoms with E-state index in [1.165, 1.54) is 0 Å². The highest BCUT2D eigenvalue weighted by atomic mass is 32.2. The van der Waals surface area contributed by atoms with Gasteiger partial charge in [-0.15, -0.1) is 0 Å². The van der Waals surface area contributed by atoms with Gasteiger partial charge in [0.05, 0.1) is 10.6 Å². The monoisotopic (exact) mass is 292 g/mol. The summed E-state index contributed by atoms with van der Waals surface area (Å²) in [5.74, 6) is 0.156. The Morgan fingerprint density at radius 3 is 2.50 bits per heavy atom. The molecule has 1 amide bonds. The van der Waals surface area contributed by atoms with Crippen LogP contribution in [0.2, 0.25) is 0 Å². The van der Waals surface area contributed by atoms with Gasteiger partial charge in [-0.05, 0) is 48.9 Å². The Bertz CT molecular complexity index is 707. The van der Waals surface area contributed by atoms with Gasteiger partial charge in [0.15, 0.2) is 0 Å². The van der Waals surface area contributed by atoms with Crippen molar-refractivity contribution in [3.8, 4) is 0 Å². The number of hydrogen-bond acceptors (Lipinski definition) is 3. The van der Waals surface area contributed by atoms with E-state index in [2.05, 4.69) is 4.72 Å². The maximum Gasteiger partial charge on any atom is 0.240 e. The summed E-state index contributed by atoms with van der Waals surface area (Å²) in [5.41, 5.74) is 2.95. The zero-order valence-electron chi connectivity index (χ0n) is 11.1. The molecule has 3 aliphatic rings. The maximum absolute atomic E-state index is 12.3. The number of hydrogen-bond donors (Lipinski definition) is 1. The summed E-state index contributed by atoms with van der Waals surface area (Å²) >= 11 is 0. The fourth-order valence-electron chi connectivity index (χ4n) is 3.07. The predicted molar refractivity (Wildman–Crippen MR) is 74.2 cm³/mol. The Balaban J connectivity index is 1.79. The van der Waals surface area contributed by atoms with Crippen LogP contribution in [0.3, 0.4) is 0 Å². The molecule has 0 radical (unpaired) electrons. The average Bonchev–Trinajstić information content (AvgIpc) is 3.10. The van der Waals surface area contributed by atoms with Crippen LogP contribution in [0, 0.1) is 0 Å². The van der Waals surface area contributed by atoms with E-state index in [0.717, 1.165) is 36.1 Å². The van der Waals surface area contributed by atoms with Gasteiger partial charge in [-0.3, -0.25) is 4.79 Å². The smallest absolute Gasteiger partial charge is 0.240 e. The van der Waals surface area contributed by atoms with Crippen LogP contribution in [0.4, 0.5) is 5.69 Å². The van der Waals surface area contributed by atoms with E-state index in [4.69, 9.17) is 0 Å². The molecule has 1 aromatic carbocycles. The zero-order valence-corrected chi connectivity index (χ0v) is 11.9. The summed E-state index contributed by atoms with van der Waals surface area (Å²) in [6.45, 7) is 0.681. The number of rotatable bonds is 3. The third-order valence-electron chi connectivity index (χ3n) is 4.23. The Morgan fingerprint density at radius 1 is 1.10 bits per heavy atom. The SMILES string of the molecule is O=C1CCc2cc(S(=O)(=O)NC3CC3)cc3c2N1CC3. The molecule has 0 atom stereocenters. The Kier molecular flexibility index (Phi) is 2.50. The standard InChI is InChI=1S/C14H16N2O3S/c17-13-4-1-9-7-12(20(18,19)15-11-2-3-11)8-10-5-6-16(13)14(9)10/h7-8,11,15H,1-6H2. The van der Waals surface area contributed by atoms with E-state index >= 15 is 0 Å². The van der Waals surface area contributed by atoms with Gasteiger partial charge in [-0.2, -0.15) is 0 Å². The summed E-state index contributed by atoms with van der Waals surface area (Å²) in [7, 11) is -3.41. The minimum absolute atomic E-state index is 0.114. The lowest BCUT2D eigenvalue weighted by atomic mass is 10.00. The maximum atomic E-state index is 12.3. The van der Waals surface area contributed by atoms with Gasteiger partial charge in [0.2, 0.25) is 15.9 Å². The second kappa shape index (κ2) is 4.05. The third-order valence-corrected chi connectivity index (χ3v) is 5.73. The van der Waals surface area contributed by atoms with Crippen molar-refractivity contribution in [1.82, 2.24) is 4.72 Å². The molecule has 4 rings (SSSR count). The van der Waals surface area contributed by atoms with Crippen molar-refractivity contribution in [1.29, 1.82) is 0 Å². The van der Waals surface area contributed by atoms with Crippen molar-refractivity contribution in [3.05, 3.63) is 23.3 Å². The van der Waals surface area contributed by atoms with Crippen molar-refractivity contribution in [2.75, 3.05) is 11.4 Å². The third kappa shape index (κ3) is 1.86. The van der Waals surface area contributed by atoms with Crippen molar-refractivity contribution in [3.63, 3.8) is 0 Å². The molecule has 0 spiro atoms. The van der Waals surface area contributed by atoms with Crippen LogP contribution in [-0.4, -0.2) is 26.9 Å². The predicted octanol–water partition coefficient (Wildman–Crippen LogP) is 0.963. The van der Waals surface area contributed by atoms with Crippen LogP contribution >= 0.6 is 0 Å². The molecule has 0 aromatic heterocycles. The second-order valence-corrected chi connectivity index (χ2v) is 7.50. The first-order chi connectivity index (χ1) is 9.54. The lowest BCUT2D eigenvalue weighted by Crippen LogP contribution is -2.33. The van der Waals surface area contributed by atoms with Crippen LogP contribution in [0.15, 0.2) is 17.0 Å². The zero-order chi connectivity index (χ0) is 13.9. The fourth-order valence-corrected chi connectivity index (χ4v) is 4.48. The number of benzene rings is 1. The molecule has 6 heteroatoms. The summed E-state index contributed by atoms with van der Waals surface area (Å²) in [4.78, 5) is 14.0. The van der Waals surface area contributed by atoms with Gasteiger partial charge in [0.25, 0.3) is 0 Å². The molecule has 0 unspecified atom stereocenters. The van der Waals surface area contributed by atoms with E-state index in [1.54, 1.807) is 17.0 Å². The minimum atomic E-state index is -3.41. The number of amides is 1. The largest absolute Gasteiger partial charge is 0.312 e. The number of sulfonamides is 1. The Hall–Kier alpha value is -1.40. The highest BCUT2D eigenvalue weighted by Crippen LogP contribution is 2.38. The molecule has 5 nitrogen and oxygen atoms in total. The van der Waals surface area contributed by atoms with Crippen molar-refractivity contribution in [2.45, 2.75) is 43.0 Å². The number of nitrogens with zero attached hydrogens (tertiary/aromatic N) is 1. The molecule has 1 fully saturated rings. The van der Waals surface area contributed by atoms with E-state index in [9.17, 15) is 13.2 Å². The summed E-state index contributed by atoms with van der Waals surface area (Å²) in [6.07, 6.45) is 3.73. The van der Waals surface area contributed by atoms with E-state index in [-0.39, 0.29) is 11.9 Å². The summed E-state index contributed by atoms with van der Waals surface area (Å²) in [5, 5.41) is 0. The molecule has 1 aliphatic carbocycles. The minimum Gasteiger partial charge on any atom is -0.312 e. The molecule has 1 aromatic rings. The fraction of sp³-hybridized carbons (Fsp3) is 0.500. The highest BCUT2D eigenvalue weighted by Gasteiger charge is 2.34. The lowest BCUT2D eigenvalue weighted by Gasteiger charge is -2.25. The first kappa shape index (κ1) is 12.3. The first-order valence-electron chi connectivity index (χ1n) is 7.03. The number of anilines is 1. The number of carbonyl (C=O) groups excluding carboxylic acids is 1. The molecular weight excluding hydrogens is 276 g/mol. The van der Waals surface area contributed by atoms with Crippen LogP contribution < -0.4 is 9.62 Å². The molecule has 2 aliphatic heterocycles. The average molecular weight is 292 g/mol. The normalized spacial score (nSPS) is 21.2. The van der Waals surface area contributed by atoms with Gasteiger partial charge in [0, 0.05) is 19.0 Å². The highest BCUT2D eigenvalue weighted by molar-refractivity contribution is 7.89. The lowest BCUT2D eigenvalue weighted by molar-refractivity contribution is -0.118. The van der Waals surface area contributed by atoms with Gasteiger partial charge in [0.1, 0.15) is 0 Å². The molecule has 1 N–H and O–H groups in total. The molecule has 106 valence electrons. The van der Waals surface area contributed by atoms with Crippen LogP contribution in [-0.2, 0) is 27.7 Å². The van der Waals surface area contributed by atoms with Crippen LogP contribution in [0.1, 0.15) is 30.4 Å². The summed E-state index contributed by atoms with van der Waals surface area (Å²) < 4.78 is 27.4. The van der Waals surface area contributed by atoms with E-state index in [0.29, 0.717) is 24.3 Å². The molecular formula is C14H16N2O3S. The van der Waals surface area contributed by atoms with Gasteiger partial charge in [-0.25, -0.2) is 13.1 Å². The van der Waals surface area contributed by atoms with Crippen molar-refractivity contribution < 1.29 is 13.2 Å². The topological polar surface area (TPSA) is 66.5 Å². The molecule has 20 heavy (non-hydrogen) atoms. The van der Waals surface area contributed by atoms with E-state index in [1.807, 2.05) is 0 Å². The number of carbonyl (C=O) groups is 1. The van der Waals surface area contributed by atoms with Gasteiger partial charge in [-0.1, -0.05) is 0 Å². The number of nitrogens with one attached hydrogen (secondary N) is 1. The van der Waals surface area contributed by atoms with E-state index < -0.39 is 10.0 Å². The van der Waals surface area contributed by atoms with Crippen LogP contribution in [0.25, 0.3) is 0 Å². The molecule has 0 bridgehead atoms. The number of aryl methyl sites for hydroxylation is 1. The van der Waals surface area contributed by atoms with Crippen LogP contribution in [0.5, 0.6) is 0 Å². The molecule has 1 saturated carbocycles. The Labute approximate surface area is 118 Å². The van der Waals surface area contributed by atoms with Crippen molar-refractivity contribution in [2.24, 2.45) is 0 Å². The van der Waals surface area contributed by atoms with Gasteiger partial charge < -0.3 is 4.90 Å². The molecule has 0 saturated heterocycles. The quantitative estimate of drug-likeness (QED) is 0.902. The van der Waals surface area contributed by atoms with Crippen molar-refractivity contribution >= 4 is 21.6 Å². The first-order valence-corrected chi connectivity index (χ1v) is 8.51. The second-order valence-electron chi connectivity index (χ2n) is 5.78. The Morgan fingerprint density at radius 2 is 1.80 bits per heavy atom. The van der Waals surface area contributed by atoms with Gasteiger partial charge >= 0.3 is 0 Å². The molecule has 2 heterocycles.